The molecule has 0 bridgehead atoms. The molecule has 0 saturated heterocycles. The van der Waals surface area contributed by atoms with E-state index in [1.54, 1.807) is 42.5 Å². The number of hydrogen-bond acceptors (Lipinski definition) is 6. The normalized spacial score (nSPS) is 14.2. The third kappa shape index (κ3) is 4.50. The molecule has 160 valence electrons. The molecule has 0 fully saturated rings. The summed E-state index contributed by atoms with van der Waals surface area (Å²) in [6, 6.07) is 16.9. The summed E-state index contributed by atoms with van der Waals surface area (Å²) in [5, 5.41) is 11.2. The Hall–Kier alpha value is -4.04. The smallest absolute Gasteiger partial charge is 0.363 e. The molecule has 3 aromatic rings. The summed E-state index contributed by atoms with van der Waals surface area (Å²) in [4.78, 5) is 27.0. The molecule has 0 aromatic heterocycles. The van der Waals surface area contributed by atoms with Crippen molar-refractivity contribution in [2.24, 2.45) is 4.99 Å². The highest BCUT2D eigenvalue weighted by Crippen LogP contribution is 2.29. The molecule has 0 atom stereocenters. The van der Waals surface area contributed by atoms with Gasteiger partial charge in [-0.25, -0.2) is 14.2 Å². The van der Waals surface area contributed by atoms with Crippen molar-refractivity contribution in [3.63, 3.8) is 0 Å². The van der Waals surface area contributed by atoms with Gasteiger partial charge >= 0.3 is 5.97 Å². The first kappa shape index (κ1) is 21.2. The van der Waals surface area contributed by atoms with Gasteiger partial charge in [-0.2, -0.15) is 0 Å². The van der Waals surface area contributed by atoms with Crippen LogP contribution in [0.5, 0.6) is 5.75 Å². The fraction of sp³-hybridized carbons (Fsp3) is 0.0435. The highest BCUT2D eigenvalue weighted by atomic mass is 35.5. The van der Waals surface area contributed by atoms with E-state index in [2.05, 4.69) is 4.99 Å². The first-order chi connectivity index (χ1) is 15.4. The molecule has 0 amide bonds. The molecule has 0 N–H and O–H groups in total. The molecule has 7 nitrogen and oxygen atoms in total. The Balaban J connectivity index is 1.63. The summed E-state index contributed by atoms with van der Waals surface area (Å²) >= 11 is 6.11. The van der Waals surface area contributed by atoms with E-state index in [-0.39, 0.29) is 40.3 Å². The second-order valence-corrected chi connectivity index (χ2v) is 7.08. The van der Waals surface area contributed by atoms with Crippen LogP contribution in [0.1, 0.15) is 16.7 Å². The Morgan fingerprint density at radius 1 is 1.12 bits per heavy atom. The fourth-order valence-electron chi connectivity index (χ4n) is 2.96. The molecule has 3 aromatic carbocycles. The van der Waals surface area contributed by atoms with E-state index < -0.39 is 10.9 Å². The summed E-state index contributed by atoms with van der Waals surface area (Å²) in [5.74, 6) is -0.856. The molecular formula is C23H14ClFN2O5. The number of rotatable bonds is 6. The predicted molar refractivity (Wildman–Crippen MR) is 116 cm³/mol. The second-order valence-electron chi connectivity index (χ2n) is 6.68. The van der Waals surface area contributed by atoms with Crippen molar-refractivity contribution < 1.29 is 23.6 Å². The molecule has 9 heteroatoms. The zero-order chi connectivity index (χ0) is 22.7. The molecule has 4 rings (SSSR count). The van der Waals surface area contributed by atoms with E-state index in [4.69, 9.17) is 21.1 Å². The van der Waals surface area contributed by atoms with Crippen LogP contribution in [-0.4, -0.2) is 16.8 Å². The van der Waals surface area contributed by atoms with E-state index in [1.807, 2.05) is 0 Å². The van der Waals surface area contributed by atoms with E-state index in [1.165, 1.54) is 30.3 Å². The Morgan fingerprint density at radius 3 is 2.66 bits per heavy atom. The van der Waals surface area contributed by atoms with Crippen LogP contribution in [0.3, 0.4) is 0 Å². The van der Waals surface area contributed by atoms with Crippen LogP contribution in [0.4, 0.5) is 10.1 Å². The molecule has 0 spiro atoms. The van der Waals surface area contributed by atoms with Crippen LogP contribution in [-0.2, 0) is 16.1 Å². The molecular weight excluding hydrogens is 439 g/mol. The van der Waals surface area contributed by atoms with Crippen molar-refractivity contribution in [3.05, 3.63) is 110 Å². The van der Waals surface area contributed by atoms with Gasteiger partial charge in [0.25, 0.3) is 5.69 Å². The lowest BCUT2D eigenvalue weighted by Crippen LogP contribution is -2.06. The fourth-order valence-corrected chi connectivity index (χ4v) is 3.16. The number of nitro benzene ring substituents is 1. The molecule has 0 unspecified atom stereocenters. The molecule has 0 saturated carbocycles. The van der Waals surface area contributed by atoms with Gasteiger partial charge in [0.15, 0.2) is 5.70 Å². The van der Waals surface area contributed by atoms with Gasteiger partial charge in [-0.05, 0) is 24.3 Å². The van der Waals surface area contributed by atoms with E-state index in [0.717, 1.165) is 0 Å². The molecule has 0 aliphatic carbocycles. The van der Waals surface area contributed by atoms with Crippen molar-refractivity contribution in [2.45, 2.75) is 6.61 Å². The van der Waals surface area contributed by atoms with Gasteiger partial charge < -0.3 is 9.47 Å². The van der Waals surface area contributed by atoms with Crippen LogP contribution in [0.15, 0.2) is 77.4 Å². The number of esters is 1. The SMILES string of the molecule is O=C1OC(c2cc([N+](=O)[O-])ccc2Cl)=NC1=Cc1ccccc1OCc1ccccc1F. The monoisotopic (exact) mass is 452 g/mol. The minimum atomic E-state index is -0.744. The number of para-hydroxylation sites is 1. The number of benzene rings is 3. The zero-order valence-corrected chi connectivity index (χ0v) is 17.1. The van der Waals surface area contributed by atoms with Crippen molar-refractivity contribution >= 4 is 35.2 Å². The topological polar surface area (TPSA) is 91.0 Å². The van der Waals surface area contributed by atoms with Gasteiger partial charge in [-0.3, -0.25) is 10.1 Å². The lowest BCUT2D eigenvalue weighted by molar-refractivity contribution is -0.384. The number of aliphatic imine (C=N–C) groups is 1. The highest BCUT2D eigenvalue weighted by Gasteiger charge is 2.27. The Labute approximate surface area is 186 Å². The Morgan fingerprint density at radius 2 is 1.88 bits per heavy atom. The molecule has 1 heterocycles. The first-order valence-electron chi connectivity index (χ1n) is 9.34. The van der Waals surface area contributed by atoms with Crippen LogP contribution < -0.4 is 4.74 Å². The number of non-ortho nitro benzene ring substituents is 1. The maximum atomic E-state index is 13.9. The number of nitro groups is 1. The molecule has 0 radical (unpaired) electrons. The molecule has 1 aliphatic rings. The number of cyclic esters (lactones) is 1. The first-order valence-corrected chi connectivity index (χ1v) is 9.72. The predicted octanol–water partition coefficient (Wildman–Crippen LogP) is 5.31. The average Bonchev–Trinajstić information content (AvgIpc) is 3.14. The summed E-state index contributed by atoms with van der Waals surface area (Å²) < 4.78 is 24.8. The minimum Gasteiger partial charge on any atom is -0.488 e. The van der Waals surface area contributed by atoms with E-state index in [0.29, 0.717) is 16.9 Å². The Bertz CT molecular complexity index is 1290. The number of nitrogens with zero attached hydrogens (tertiary/aromatic N) is 2. The standard InChI is InChI=1S/C23H14ClFN2O5/c24-18-10-9-16(27(29)30)12-17(18)22-26-20(23(28)32-22)11-14-5-2-4-8-21(14)31-13-15-6-1-3-7-19(15)25/h1-12H,13H2. The minimum absolute atomic E-state index is 0.00485. The van der Waals surface area contributed by atoms with Crippen molar-refractivity contribution in [1.82, 2.24) is 0 Å². The number of halogens is 2. The third-order valence-corrected chi connectivity index (χ3v) is 4.89. The maximum absolute atomic E-state index is 13.9. The summed E-state index contributed by atoms with van der Waals surface area (Å²) in [7, 11) is 0. The van der Waals surface area contributed by atoms with Crippen molar-refractivity contribution in [2.75, 3.05) is 0 Å². The zero-order valence-electron chi connectivity index (χ0n) is 16.3. The lowest BCUT2D eigenvalue weighted by Gasteiger charge is -2.10. The van der Waals surface area contributed by atoms with Crippen LogP contribution in [0, 0.1) is 15.9 Å². The van der Waals surface area contributed by atoms with Crippen molar-refractivity contribution in [1.29, 1.82) is 0 Å². The van der Waals surface area contributed by atoms with Gasteiger partial charge in [-0.1, -0.05) is 48.0 Å². The largest absolute Gasteiger partial charge is 0.488 e. The average molecular weight is 453 g/mol. The van der Waals surface area contributed by atoms with E-state index in [9.17, 15) is 19.3 Å². The van der Waals surface area contributed by atoms with Crippen LogP contribution in [0.2, 0.25) is 5.02 Å². The van der Waals surface area contributed by atoms with Crippen molar-refractivity contribution in [3.8, 4) is 5.75 Å². The molecule has 32 heavy (non-hydrogen) atoms. The number of hydrogen-bond donors (Lipinski definition) is 0. The lowest BCUT2D eigenvalue weighted by atomic mass is 10.1. The van der Waals surface area contributed by atoms with Crippen LogP contribution in [0.25, 0.3) is 6.08 Å². The van der Waals surface area contributed by atoms with Crippen LogP contribution >= 0.6 is 11.6 Å². The summed E-state index contributed by atoms with van der Waals surface area (Å²) in [6.07, 6.45) is 1.46. The number of carbonyl (C=O) groups is 1. The molecule has 1 aliphatic heterocycles. The van der Waals surface area contributed by atoms with Gasteiger partial charge in [0.2, 0.25) is 5.90 Å². The quantitative estimate of drug-likeness (QED) is 0.219. The van der Waals surface area contributed by atoms with Gasteiger partial charge in [0.05, 0.1) is 15.5 Å². The number of ether oxygens (including phenoxy) is 2. The maximum Gasteiger partial charge on any atom is 0.363 e. The van der Waals surface area contributed by atoms with Gasteiger partial charge in [-0.15, -0.1) is 0 Å². The van der Waals surface area contributed by atoms with Gasteiger partial charge in [0.1, 0.15) is 18.2 Å². The number of carbonyl (C=O) groups excluding carboxylic acids is 1. The Kier molecular flexibility index (Phi) is 5.96. The van der Waals surface area contributed by atoms with Gasteiger partial charge in [0, 0.05) is 23.3 Å². The van der Waals surface area contributed by atoms with E-state index >= 15 is 0 Å². The highest BCUT2D eigenvalue weighted by molar-refractivity contribution is 6.34. The summed E-state index contributed by atoms with van der Waals surface area (Å²) in [6.45, 7) is -0.00485. The summed E-state index contributed by atoms with van der Waals surface area (Å²) in [5.41, 5.74) is 0.778. The third-order valence-electron chi connectivity index (χ3n) is 4.56. The second kappa shape index (κ2) is 8.99.